The minimum Gasteiger partial charge on any atom is -0.507 e. The molecule has 1 N–H and O–H groups in total. The molecule has 8 heteroatoms. The van der Waals surface area contributed by atoms with Crippen molar-refractivity contribution in [3.05, 3.63) is 95.1 Å². The summed E-state index contributed by atoms with van der Waals surface area (Å²) in [6.07, 6.45) is 3.12. The normalized spacial score (nSPS) is 17.9. The van der Waals surface area contributed by atoms with E-state index in [2.05, 4.69) is 9.97 Å². The summed E-state index contributed by atoms with van der Waals surface area (Å²) >= 11 is 1.29. The quantitative estimate of drug-likeness (QED) is 0.279. The molecule has 1 fully saturated rings. The van der Waals surface area contributed by atoms with Gasteiger partial charge in [-0.25, -0.2) is 9.37 Å². The number of aliphatic hydroxyl groups excluding tert-OH is 1. The molecule has 32 heavy (non-hydrogen) atoms. The highest BCUT2D eigenvalue weighted by Gasteiger charge is 2.48. The van der Waals surface area contributed by atoms with Gasteiger partial charge >= 0.3 is 5.91 Å². The zero-order chi connectivity index (χ0) is 22.4. The Bertz CT molecular complexity index is 1400. The Hall–Kier alpha value is -3.91. The van der Waals surface area contributed by atoms with Gasteiger partial charge in [-0.1, -0.05) is 23.5 Å². The number of amides is 1. The van der Waals surface area contributed by atoms with E-state index in [0.717, 1.165) is 10.3 Å². The van der Waals surface area contributed by atoms with E-state index in [0.29, 0.717) is 16.2 Å². The topological polar surface area (TPSA) is 83.4 Å². The maximum atomic E-state index is 13.4. The van der Waals surface area contributed by atoms with Gasteiger partial charge in [0.1, 0.15) is 11.6 Å². The summed E-state index contributed by atoms with van der Waals surface area (Å²) in [4.78, 5) is 36.2. The van der Waals surface area contributed by atoms with E-state index >= 15 is 0 Å². The van der Waals surface area contributed by atoms with Crippen LogP contribution in [0.3, 0.4) is 0 Å². The molecule has 1 aliphatic heterocycles. The van der Waals surface area contributed by atoms with Crippen LogP contribution in [0.4, 0.5) is 9.52 Å². The fraction of sp³-hybridized carbons (Fsp3) is 0.0833. The number of halogens is 1. The average molecular weight is 445 g/mol. The fourth-order valence-corrected chi connectivity index (χ4v) is 4.86. The van der Waals surface area contributed by atoms with Crippen LogP contribution in [-0.2, 0) is 9.59 Å². The minimum atomic E-state index is -0.921. The number of Topliss-reactive ketones (excluding diaryl/α,β-unsaturated/α-hetero) is 1. The summed E-state index contributed by atoms with van der Waals surface area (Å²) in [7, 11) is 0. The van der Waals surface area contributed by atoms with Crippen molar-refractivity contribution in [2.24, 2.45) is 0 Å². The van der Waals surface area contributed by atoms with Crippen molar-refractivity contribution >= 4 is 44.1 Å². The van der Waals surface area contributed by atoms with Crippen LogP contribution in [0, 0.1) is 12.7 Å². The summed E-state index contributed by atoms with van der Waals surface area (Å²) in [6.45, 7) is 1.96. The molecular formula is C24H16FN3O3S. The van der Waals surface area contributed by atoms with Gasteiger partial charge in [-0.15, -0.1) is 0 Å². The molecule has 1 unspecified atom stereocenters. The molecule has 0 aliphatic carbocycles. The van der Waals surface area contributed by atoms with Crippen molar-refractivity contribution in [1.29, 1.82) is 0 Å². The molecule has 4 aromatic rings. The standard InChI is InChI=1S/C24H16FN3O3S/c1-13-4-9-17-18(11-13)32-24(27-17)28-20(15-3-2-10-26-12-15)19(22(30)23(28)31)21(29)14-5-7-16(25)8-6-14/h2-12,20,29H,1H3. The Balaban J connectivity index is 1.72. The summed E-state index contributed by atoms with van der Waals surface area (Å²) in [5.74, 6) is -2.48. The van der Waals surface area contributed by atoms with E-state index < -0.39 is 23.5 Å². The molecular weight excluding hydrogens is 429 g/mol. The number of hydrogen-bond acceptors (Lipinski definition) is 6. The second-order valence-corrected chi connectivity index (χ2v) is 8.44. The third-order valence-corrected chi connectivity index (χ3v) is 6.32. The van der Waals surface area contributed by atoms with Crippen LogP contribution < -0.4 is 4.90 Å². The number of nitrogens with zero attached hydrogens (tertiary/aromatic N) is 3. The third kappa shape index (κ3) is 3.25. The molecule has 2 aromatic heterocycles. The lowest BCUT2D eigenvalue weighted by molar-refractivity contribution is -0.132. The maximum Gasteiger partial charge on any atom is 0.301 e. The van der Waals surface area contributed by atoms with E-state index in [9.17, 15) is 19.1 Å². The zero-order valence-electron chi connectivity index (χ0n) is 16.8. The lowest BCUT2D eigenvalue weighted by atomic mass is 9.96. The largest absolute Gasteiger partial charge is 0.507 e. The van der Waals surface area contributed by atoms with Crippen molar-refractivity contribution in [3.63, 3.8) is 0 Å². The zero-order valence-corrected chi connectivity index (χ0v) is 17.6. The van der Waals surface area contributed by atoms with Crippen LogP contribution >= 0.6 is 11.3 Å². The first-order chi connectivity index (χ1) is 15.4. The first kappa shape index (κ1) is 20.0. The number of fused-ring (bicyclic) bond motifs is 1. The molecule has 0 spiro atoms. The Morgan fingerprint density at radius 1 is 1.12 bits per heavy atom. The van der Waals surface area contributed by atoms with E-state index in [1.807, 2.05) is 25.1 Å². The number of rotatable bonds is 3. The van der Waals surface area contributed by atoms with Gasteiger partial charge < -0.3 is 5.11 Å². The smallest absolute Gasteiger partial charge is 0.301 e. The predicted molar refractivity (Wildman–Crippen MR) is 120 cm³/mol. The van der Waals surface area contributed by atoms with Crippen molar-refractivity contribution in [3.8, 4) is 0 Å². The van der Waals surface area contributed by atoms with Gasteiger partial charge in [0.15, 0.2) is 5.13 Å². The number of carbonyl (C=O) groups is 2. The Kier molecular flexibility index (Phi) is 4.79. The van der Waals surface area contributed by atoms with Crippen LogP contribution in [0.15, 0.2) is 72.6 Å². The molecule has 1 saturated heterocycles. The fourth-order valence-electron chi connectivity index (χ4n) is 3.77. The molecule has 0 bridgehead atoms. The maximum absolute atomic E-state index is 13.4. The molecule has 1 amide bonds. The molecule has 6 nitrogen and oxygen atoms in total. The Morgan fingerprint density at radius 2 is 1.91 bits per heavy atom. The average Bonchev–Trinajstić information content (AvgIpc) is 3.32. The highest BCUT2D eigenvalue weighted by atomic mass is 32.1. The summed E-state index contributed by atoms with van der Waals surface area (Å²) in [5, 5.41) is 11.3. The molecule has 0 saturated carbocycles. The van der Waals surface area contributed by atoms with Crippen LogP contribution in [-0.4, -0.2) is 26.8 Å². The lowest BCUT2D eigenvalue weighted by Gasteiger charge is -2.22. The first-order valence-corrected chi connectivity index (χ1v) is 10.6. The number of aliphatic hydroxyl groups is 1. The predicted octanol–water partition coefficient (Wildman–Crippen LogP) is 4.77. The van der Waals surface area contributed by atoms with Gasteiger partial charge in [0, 0.05) is 18.0 Å². The highest BCUT2D eigenvalue weighted by Crippen LogP contribution is 2.44. The summed E-state index contributed by atoms with van der Waals surface area (Å²) in [5.41, 5.74) is 2.45. The van der Waals surface area contributed by atoms with Gasteiger partial charge in [-0.3, -0.25) is 19.5 Å². The van der Waals surface area contributed by atoms with Crippen molar-refractivity contribution in [2.75, 3.05) is 4.90 Å². The third-order valence-electron chi connectivity index (χ3n) is 5.30. The van der Waals surface area contributed by atoms with Crippen LogP contribution in [0.1, 0.15) is 22.7 Å². The number of aromatic nitrogens is 2. The van der Waals surface area contributed by atoms with Crippen LogP contribution in [0.25, 0.3) is 16.0 Å². The number of aryl methyl sites for hydroxylation is 1. The second kappa shape index (κ2) is 7.65. The van der Waals surface area contributed by atoms with E-state index in [-0.39, 0.29) is 16.9 Å². The summed E-state index contributed by atoms with van der Waals surface area (Å²) in [6, 6.07) is 13.3. The van der Waals surface area contributed by atoms with Gasteiger partial charge in [0.2, 0.25) is 0 Å². The second-order valence-electron chi connectivity index (χ2n) is 7.43. The van der Waals surface area contributed by atoms with E-state index in [1.165, 1.54) is 40.5 Å². The van der Waals surface area contributed by atoms with Crippen molar-refractivity contribution in [2.45, 2.75) is 13.0 Å². The first-order valence-electron chi connectivity index (χ1n) is 9.78. The van der Waals surface area contributed by atoms with Gasteiger partial charge in [0.25, 0.3) is 5.78 Å². The number of carbonyl (C=O) groups excluding carboxylic acids is 2. The van der Waals surface area contributed by atoms with E-state index in [1.54, 1.807) is 24.5 Å². The number of pyridine rings is 1. The van der Waals surface area contributed by atoms with E-state index in [4.69, 9.17) is 0 Å². The van der Waals surface area contributed by atoms with Gasteiger partial charge in [-0.2, -0.15) is 0 Å². The van der Waals surface area contributed by atoms with Crippen LogP contribution in [0.2, 0.25) is 0 Å². The molecule has 1 aliphatic rings. The summed E-state index contributed by atoms with van der Waals surface area (Å²) < 4.78 is 14.3. The van der Waals surface area contributed by atoms with Crippen molar-refractivity contribution in [1.82, 2.24) is 9.97 Å². The number of ketones is 1. The molecule has 0 radical (unpaired) electrons. The molecule has 158 valence electrons. The number of benzene rings is 2. The van der Waals surface area contributed by atoms with Crippen LogP contribution in [0.5, 0.6) is 0 Å². The molecule has 5 rings (SSSR count). The Labute approximate surface area is 186 Å². The number of anilines is 1. The Morgan fingerprint density at radius 3 is 2.62 bits per heavy atom. The highest BCUT2D eigenvalue weighted by molar-refractivity contribution is 7.22. The SMILES string of the molecule is Cc1ccc2nc(N3C(=O)C(=O)C(=C(O)c4ccc(F)cc4)C3c3cccnc3)sc2c1. The minimum absolute atomic E-state index is 0.0926. The molecule has 1 atom stereocenters. The van der Waals surface area contributed by atoms with Gasteiger partial charge in [0.05, 0.1) is 21.8 Å². The van der Waals surface area contributed by atoms with Gasteiger partial charge in [-0.05, 0) is 60.5 Å². The monoisotopic (exact) mass is 445 g/mol. The lowest BCUT2D eigenvalue weighted by Crippen LogP contribution is -2.29. The number of thiazole rings is 1. The molecule has 3 heterocycles. The number of hydrogen-bond donors (Lipinski definition) is 1. The van der Waals surface area contributed by atoms with Crippen molar-refractivity contribution < 1.29 is 19.1 Å². The molecule has 2 aromatic carbocycles.